The van der Waals surface area contributed by atoms with Crippen molar-refractivity contribution in [3.05, 3.63) is 56.8 Å². The number of carbonyl (C=O) groups is 1. The molecule has 20 heavy (non-hydrogen) atoms. The number of carboxylic acids is 1. The van der Waals surface area contributed by atoms with Crippen LogP contribution in [0.3, 0.4) is 0 Å². The number of rotatable bonds is 4. The van der Waals surface area contributed by atoms with E-state index in [4.69, 9.17) is 9.84 Å². The van der Waals surface area contributed by atoms with E-state index in [-0.39, 0.29) is 22.7 Å². The van der Waals surface area contributed by atoms with Crippen molar-refractivity contribution in [2.75, 3.05) is 0 Å². The Morgan fingerprint density at radius 2 is 2.10 bits per heavy atom. The van der Waals surface area contributed by atoms with Crippen LogP contribution in [0, 0.1) is 10.1 Å². The van der Waals surface area contributed by atoms with Crippen molar-refractivity contribution in [3.8, 4) is 11.5 Å². The molecule has 1 aromatic heterocycles. The van der Waals surface area contributed by atoms with Crippen molar-refractivity contribution in [3.63, 3.8) is 0 Å². The minimum atomic E-state index is -1.24. The number of nitro benzene ring substituents is 1. The van der Waals surface area contributed by atoms with E-state index in [1.165, 1.54) is 12.4 Å². The molecule has 102 valence electrons. The van der Waals surface area contributed by atoms with Crippen LogP contribution in [-0.4, -0.2) is 21.0 Å². The van der Waals surface area contributed by atoms with Gasteiger partial charge in [-0.25, -0.2) is 4.79 Å². The first-order valence-corrected chi connectivity index (χ1v) is 6.07. The van der Waals surface area contributed by atoms with Crippen LogP contribution in [0.2, 0.25) is 0 Å². The van der Waals surface area contributed by atoms with E-state index in [0.29, 0.717) is 4.47 Å². The van der Waals surface area contributed by atoms with Crippen molar-refractivity contribution >= 4 is 27.6 Å². The Balaban J connectivity index is 2.44. The number of hydrogen-bond acceptors (Lipinski definition) is 5. The number of aromatic nitrogens is 1. The maximum atomic E-state index is 11.1. The number of ether oxygens (including phenoxy) is 1. The highest BCUT2D eigenvalue weighted by Crippen LogP contribution is 2.30. The lowest BCUT2D eigenvalue weighted by Gasteiger charge is -2.08. The summed E-state index contributed by atoms with van der Waals surface area (Å²) in [5.41, 5.74) is -0.427. The zero-order valence-electron chi connectivity index (χ0n) is 9.82. The Morgan fingerprint density at radius 1 is 1.35 bits per heavy atom. The number of halogens is 1. The summed E-state index contributed by atoms with van der Waals surface area (Å²) in [6.07, 6.45) is 2.90. The second-order valence-electron chi connectivity index (χ2n) is 3.68. The van der Waals surface area contributed by atoms with Crippen molar-refractivity contribution in [2.45, 2.75) is 0 Å². The molecular weight excluding hydrogens is 332 g/mol. The summed E-state index contributed by atoms with van der Waals surface area (Å²) in [5, 5.41) is 19.8. The molecule has 0 aliphatic heterocycles. The highest BCUT2D eigenvalue weighted by Gasteiger charge is 2.17. The lowest BCUT2D eigenvalue weighted by atomic mass is 10.2. The van der Waals surface area contributed by atoms with Crippen LogP contribution in [0.25, 0.3) is 0 Å². The molecular formula is C12H7BrN2O5. The van der Waals surface area contributed by atoms with Gasteiger partial charge in [0.05, 0.1) is 17.2 Å². The molecule has 0 saturated heterocycles. The predicted molar refractivity (Wildman–Crippen MR) is 72.1 cm³/mol. The van der Waals surface area contributed by atoms with Gasteiger partial charge < -0.3 is 9.84 Å². The fourth-order valence-corrected chi connectivity index (χ4v) is 1.80. The van der Waals surface area contributed by atoms with E-state index >= 15 is 0 Å². The molecule has 2 rings (SSSR count). The van der Waals surface area contributed by atoms with Gasteiger partial charge in [0.2, 0.25) is 0 Å². The van der Waals surface area contributed by atoms with Crippen LogP contribution in [0.4, 0.5) is 5.69 Å². The molecule has 0 atom stereocenters. The Bertz CT molecular complexity index is 689. The minimum Gasteiger partial charge on any atom is -0.478 e. The number of hydrogen-bond donors (Lipinski definition) is 1. The molecule has 1 heterocycles. The van der Waals surface area contributed by atoms with Crippen LogP contribution in [-0.2, 0) is 0 Å². The topological polar surface area (TPSA) is 103 Å². The maximum absolute atomic E-state index is 11.1. The van der Waals surface area contributed by atoms with Crippen LogP contribution in [0.15, 0.2) is 41.1 Å². The van der Waals surface area contributed by atoms with E-state index in [0.717, 1.165) is 18.2 Å². The third-order valence-electron chi connectivity index (χ3n) is 2.31. The Morgan fingerprint density at radius 3 is 2.70 bits per heavy atom. The van der Waals surface area contributed by atoms with Gasteiger partial charge in [-0.3, -0.25) is 15.1 Å². The van der Waals surface area contributed by atoms with Gasteiger partial charge in [-0.05, 0) is 28.1 Å². The first kappa shape index (κ1) is 13.9. The maximum Gasteiger partial charge on any atom is 0.339 e. The number of carboxylic acid groups (broad SMARTS) is 1. The first-order valence-electron chi connectivity index (χ1n) is 5.27. The number of pyridine rings is 1. The van der Waals surface area contributed by atoms with Crippen molar-refractivity contribution < 1.29 is 19.6 Å². The van der Waals surface area contributed by atoms with Crippen LogP contribution >= 0.6 is 15.9 Å². The van der Waals surface area contributed by atoms with Gasteiger partial charge in [-0.1, -0.05) is 0 Å². The van der Waals surface area contributed by atoms with Crippen molar-refractivity contribution in [1.82, 2.24) is 4.98 Å². The number of benzene rings is 1. The van der Waals surface area contributed by atoms with E-state index < -0.39 is 10.9 Å². The van der Waals surface area contributed by atoms with E-state index in [9.17, 15) is 14.9 Å². The molecule has 0 fully saturated rings. The molecule has 7 nitrogen and oxygen atoms in total. The molecule has 1 aromatic carbocycles. The lowest BCUT2D eigenvalue weighted by Crippen LogP contribution is -2.01. The molecule has 0 bridgehead atoms. The third-order valence-corrected chi connectivity index (χ3v) is 2.75. The number of non-ortho nitro benzene ring substituents is 1. The summed E-state index contributed by atoms with van der Waals surface area (Å²) in [6.45, 7) is 0. The molecule has 0 spiro atoms. The number of nitro groups is 1. The smallest absolute Gasteiger partial charge is 0.339 e. The molecule has 0 unspecified atom stereocenters. The van der Waals surface area contributed by atoms with Gasteiger partial charge in [0.15, 0.2) is 0 Å². The van der Waals surface area contributed by atoms with E-state index in [1.54, 1.807) is 6.07 Å². The predicted octanol–water partition coefficient (Wildman–Crippen LogP) is 3.24. The van der Waals surface area contributed by atoms with Gasteiger partial charge >= 0.3 is 5.97 Å². The zero-order valence-corrected chi connectivity index (χ0v) is 11.4. The molecule has 2 aromatic rings. The minimum absolute atomic E-state index is 0.119. The highest BCUT2D eigenvalue weighted by molar-refractivity contribution is 9.10. The summed E-state index contributed by atoms with van der Waals surface area (Å²) < 4.78 is 6.00. The molecule has 0 saturated carbocycles. The van der Waals surface area contributed by atoms with Crippen molar-refractivity contribution in [1.29, 1.82) is 0 Å². The molecule has 0 amide bonds. The van der Waals surface area contributed by atoms with Gasteiger partial charge in [0.1, 0.15) is 17.1 Å². The molecule has 0 aliphatic carbocycles. The van der Waals surface area contributed by atoms with E-state index in [1.807, 2.05) is 0 Å². The van der Waals surface area contributed by atoms with Gasteiger partial charge in [0, 0.05) is 16.7 Å². The van der Waals surface area contributed by atoms with Crippen LogP contribution in [0.1, 0.15) is 10.4 Å². The van der Waals surface area contributed by atoms with Crippen LogP contribution in [0.5, 0.6) is 11.5 Å². The second kappa shape index (κ2) is 5.66. The van der Waals surface area contributed by atoms with E-state index in [2.05, 4.69) is 20.9 Å². The molecule has 1 N–H and O–H groups in total. The van der Waals surface area contributed by atoms with Gasteiger partial charge in [-0.15, -0.1) is 0 Å². The Hall–Kier alpha value is -2.48. The zero-order chi connectivity index (χ0) is 14.7. The quantitative estimate of drug-likeness (QED) is 0.678. The molecule has 0 aliphatic rings. The molecule has 0 radical (unpaired) electrons. The van der Waals surface area contributed by atoms with Crippen molar-refractivity contribution in [2.24, 2.45) is 0 Å². The third kappa shape index (κ3) is 3.09. The summed E-state index contributed by atoms with van der Waals surface area (Å²) in [6, 6.07) is 4.86. The number of nitrogens with zero attached hydrogens (tertiary/aromatic N) is 2. The lowest BCUT2D eigenvalue weighted by molar-refractivity contribution is -0.384. The summed E-state index contributed by atoms with van der Waals surface area (Å²) in [7, 11) is 0. The SMILES string of the molecule is O=C(O)c1ccc([N+](=O)[O-])cc1Oc1cncc(Br)c1. The average Bonchev–Trinajstić information content (AvgIpc) is 2.38. The largest absolute Gasteiger partial charge is 0.478 e. The Labute approximate surface area is 121 Å². The first-order chi connectivity index (χ1) is 9.47. The monoisotopic (exact) mass is 338 g/mol. The summed E-state index contributed by atoms with van der Waals surface area (Å²) in [4.78, 5) is 25.0. The normalized spacial score (nSPS) is 10.1. The Kier molecular flexibility index (Phi) is 3.94. The summed E-state index contributed by atoms with van der Waals surface area (Å²) >= 11 is 3.19. The summed E-state index contributed by atoms with van der Waals surface area (Å²) in [5.74, 6) is -1.09. The fourth-order valence-electron chi connectivity index (χ4n) is 1.46. The van der Waals surface area contributed by atoms with Crippen LogP contribution < -0.4 is 4.74 Å². The second-order valence-corrected chi connectivity index (χ2v) is 4.60. The molecule has 8 heteroatoms. The number of aromatic carboxylic acids is 1. The van der Waals surface area contributed by atoms with Gasteiger partial charge in [-0.2, -0.15) is 0 Å². The average molecular weight is 339 g/mol. The van der Waals surface area contributed by atoms with Gasteiger partial charge in [0.25, 0.3) is 5.69 Å². The fraction of sp³-hybridized carbons (Fsp3) is 0. The highest BCUT2D eigenvalue weighted by atomic mass is 79.9. The standard InChI is InChI=1S/C12H7BrN2O5/c13-7-3-9(6-14-5-7)20-11-4-8(15(18)19)1-2-10(11)12(16)17/h1-6H,(H,16,17).